The fraction of sp³-hybridized carbons (Fsp3) is 0.462. The number of aliphatic imine (C=N–C) groups is 1. The van der Waals surface area contributed by atoms with Gasteiger partial charge in [0.1, 0.15) is 0 Å². The Balaban J connectivity index is 3.52. The summed E-state index contributed by atoms with van der Waals surface area (Å²) in [5, 5.41) is 1.14. The van der Waals surface area contributed by atoms with E-state index >= 15 is 0 Å². The van der Waals surface area contributed by atoms with Gasteiger partial charge in [-0.15, -0.1) is 11.8 Å². The third-order valence-corrected chi connectivity index (χ3v) is 3.75. The van der Waals surface area contributed by atoms with Gasteiger partial charge in [-0.2, -0.15) is 0 Å². The fourth-order valence-electron chi connectivity index (χ4n) is 1.84. The van der Waals surface area contributed by atoms with Crippen LogP contribution in [0.15, 0.2) is 11.1 Å². The molecule has 0 aromatic heterocycles. The zero-order valence-electron chi connectivity index (χ0n) is 10.4. The maximum absolute atomic E-state index is 4.36. The largest absolute Gasteiger partial charge is 0.281 e. The number of aryl methyl sites for hydroxylation is 2. The first-order chi connectivity index (χ1) is 7.02. The molecule has 0 unspecified atom stereocenters. The zero-order chi connectivity index (χ0) is 11.6. The highest BCUT2D eigenvalue weighted by Crippen LogP contribution is 2.25. The van der Waals surface area contributed by atoms with E-state index < -0.39 is 0 Å². The number of benzene rings is 1. The van der Waals surface area contributed by atoms with Crippen molar-refractivity contribution in [1.29, 1.82) is 0 Å². The van der Waals surface area contributed by atoms with Gasteiger partial charge in [-0.1, -0.05) is 6.07 Å². The van der Waals surface area contributed by atoms with Gasteiger partial charge in [-0.25, -0.2) is 0 Å². The van der Waals surface area contributed by atoms with Crippen molar-refractivity contribution >= 4 is 16.8 Å². The second-order valence-corrected chi connectivity index (χ2v) is 4.66. The minimum Gasteiger partial charge on any atom is -0.281 e. The van der Waals surface area contributed by atoms with Crippen molar-refractivity contribution in [3.63, 3.8) is 0 Å². The van der Waals surface area contributed by atoms with E-state index in [0.29, 0.717) is 0 Å². The second kappa shape index (κ2) is 4.84. The smallest absolute Gasteiger partial charge is 0.0976 e. The average Bonchev–Trinajstić information content (AvgIpc) is 2.21. The van der Waals surface area contributed by atoms with Gasteiger partial charge in [-0.05, 0) is 56.2 Å². The standard InChI is InChI=1S/C13H19NS/c1-8-7-9(2)11(4)12(10(8)3)13(14-5)15-6/h7H,1-6H3. The topological polar surface area (TPSA) is 12.4 Å². The molecule has 1 nitrogen and oxygen atoms in total. The third kappa shape index (κ3) is 2.25. The van der Waals surface area contributed by atoms with Crippen molar-refractivity contribution in [2.75, 3.05) is 13.3 Å². The molecule has 0 heterocycles. The van der Waals surface area contributed by atoms with Crippen molar-refractivity contribution in [2.24, 2.45) is 4.99 Å². The summed E-state index contributed by atoms with van der Waals surface area (Å²) in [6, 6.07) is 2.25. The molecule has 0 radical (unpaired) electrons. The second-order valence-electron chi connectivity index (χ2n) is 3.87. The Hall–Kier alpha value is -0.760. The van der Waals surface area contributed by atoms with Gasteiger partial charge < -0.3 is 0 Å². The molecule has 0 saturated heterocycles. The van der Waals surface area contributed by atoms with Crippen LogP contribution in [0.1, 0.15) is 27.8 Å². The van der Waals surface area contributed by atoms with Crippen molar-refractivity contribution < 1.29 is 0 Å². The molecule has 0 fully saturated rings. The van der Waals surface area contributed by atoms with Gasteiger partial charge in [0.05, 0.1) is 5.04 Å². The maximum atomic E-state index is 4.36. The zero-order valence-corrected chi connectivity index (χ0v) is 11.2. The van der Waals surface area contributed by atoms with E-state index in [1.165, 1.54) is 27.8 Å². The summed E-state index contributed by atoms with van der Waals surface area (Å²) in [5.74, 6) is 0. The molecule has 1 aromatic carbocycles. The van der Waals surface area contributed by atoms with Crippen LogP contribution in [0.25, 0.3) is 0 Å². The van der Waals surface area contributed by atoms with Crippen LogP contribution in [0.2, 0.25) is 0 Å². The lowest BCUT2D eigenvalue weighted by molar-refractivity contribution is 1.22. The van der Waals surface area contributed by atoms with Crippen LogP contribution in [-0.4, -0.2) is 18.3 Å². The maximum Gasteiger partial charge on any atom is 0.0976 e. The Kier molecular flexibility index (Phi) is 3.97. The first-order valence-corrected chi connectivity index (χ1v) is 6.34. The Morgan fingerprint density at radius 1 is 1.07 bits per heavy atom. The number of thioether (sulfide) groups is 1. The van der Waals surface area contributed by atoms with Crippen LogP contribution in [0.4, 0.5) is 0 Å². The van der Waals surface area contributed by atoms with Gasteiger partial charge in [0, 0.05) is 12.6 Å². The number of nitrogens with zero attached hydrogens (tertiary/aromatic N) is 1. The van der Waals surface area contributed by atoms with Gasteiger partial charge in [-0.3, -0.25) is 4.99 Å². The minimum atomic E-state index is 1.14. The highest BCUT2D eigenvalue weighted by molar-refractivity contribution is 8.13. The van der Waals surface area contributed by atoms with E-state index in [1.54, 1.807) is 11.8 Å². The molecule has 0 aliphatic heterocycles. The molecule has 0 bridgehead atoms. The molecule has 0 atom stereocenters. The molecule has 0 aliphatic carbocycles. The lowest BCUT2D eigenvalue weighted by Crippen LogP contribution is -2.05. The van der Waals surface area contributed by atoms with Crippen LogP contribution in [0.5, 0.6) is 0 Å². The number of hydrogen-bond donors (Lipinski definition) is 0. The Morgan fingerprint density at radius 2 is 1.53 bits per heavy atom. The molecule has 82 valence electrons. The van der Waals surface area contributed by atoms with E-state index in [9.17, 15) is 0 Å². The van der Waals surface area contributed by atoms with E-state index in [-0.39, 0.29) is 0 Å². The van der Waals surface area contributed by atoms with Crippen LogP contribution in [0.3, 0.4) is 0 Å². The molecular formula is C13H19NS. The first kappa shape index (κ1) is 12.3. The molecule has 0 saturated carbocycles. The SMILES string of the molecule is CN=C(SC)c1c(C)c(C)cc(C)c1C. The summed E-state index contributed by atoms with van der Waals surface area (Å²) in [4.78, 5) is 4.36. The summed E-state index contributed by atoms with van der Waals surface area (Å²) in [7, 11) is 1.86. The highest BCUT2D eigenvalue weighted by Gasteiger charge is 2.12. The van der Waals surface area contributed by atoms with E-state index in [0.717, 1.165) is 5.04 Å². The van der Waals surface area contributed by atoms with Crippen LogP contribution in [0, 0.1) is 27.7 Å². The molecule has 0 aliphatic rings. The highest BCUT2D eigenvalue weighted by atomic mass is 32.2. The summed E-state index contributed by atoms with van der Waals surface area (Å²) < 4.78 is 0. The number of hydrogen-bond acceptors (Lipinski definition) is 2. The van der Waals surface area contributed by atoms with E-state index in [4.69, 9.17) is 0 Å². The minimum absolute atomic E-state index is 1.14. The van der Waals surface area contributed by atoms with Crippen molar-refractivity contribution in [2.45, 2.75) is 27.7 Å². The van der Waals surface area contributed by atoms with Gasteiger partial charge in [0.2, 0.25) is 0 Å². The summed E-state index contributed by atoms with van der Waals surface area (Å²) in [6.45, 7) is 8.69. The first-order valence-electron chi connectivity index (χ1n) is 5.11. The molecular weight excluding hydrogens is 202 g/mol. The summed E-state index contributed by atoms with van der Waals surface area (Å²) in [6.07, 6.45) is 2.08. The van der Waals surface area contributed by atoms with E-state index in [2.05, 4.69) is 45.0 Å². The van der Waals surface area contributed by atoms with Crippen molar-refractivity contribution in [3.8, 4) is 0 Å². The fourth-order valence-corrected chi connectivity index (χ4v) is 2.54. The molecule has 1 rings (SSSR count). The predicted molar refractivity (Wildman–Crippen MR) is 71.4 cm³/mol. The van der Waals surface area contributed by atoms with Crippen molar-refractivity contribution in [3.05, 3.63) is 33.9 Å². The Bertz CT molecular complexity index is 379. The normalized spacial score (nSPS) is 12.0. The quantitative estimate of drug-likeness (QED) is 0.521. The summed E-state index contributed by atoms with van der Waals surface area (Å²) in [5.41, 5.74) is 6.73. The number of rotatable bonds is 1. The lowest BCUT2D eigenvalue weighted by Gasteiger charge is -2.15. The molecule has 0 spiro atoms. The van der Waals surface area contributed by atoms with Crippen LogP contribution >= 0.6 is 11.8 Å². The lowest BCUT2D eigenvalue weighted by atomic mass is 9.95. The third-order valence-electron chi connectivity index (χ3n) is 2.98. The average molecular weight is 221 g/mol. The van der Waals surface area contributed by atoms with Crippen LogP contribution < -0.4 is 0 Å². The van der Waals surface area contributed by atoms with Crippen LogP contribution in [-0.2, 0) is 0 Å². The summed E-state index contributed by atoms with van der Waals surface area (Å²) >= 11 is 1.72. The molecule has 0 amide bonds. The predicted octanol–water partition coefficient (Wildman–Crippen LogP) is 3.66. The van der Waals surface area contributed by atoms with Gasteiger partial charge in [0.25, 0.3) is 0 Å². The monoisotopic (exact) mass is 221 g/mol. The molecule has 2 heteroatoms. The Labute approximate surface area is 97.0 Å². The van der Waals surface area contributed by atoms with Gasteiger partial charge in [0.15, 0.2) is 0 Å². The van der Waals surface area contributed by atoms with Crippen molar-refractivity contribution in [1.82, 2.24) is 0 Å². The molecule has 1 aromatic rings. The molecule has 0 N–H and O–H groups in total. The Morgan fingerprint density at radius 3 is 1.87 bits per heavy atom. The van der Waals surface area contributed by atoms with Gasteiger partial charge >= 0.3 is 0 Å². The molecule has 15 heavy (non-hydrogen) atoms. The van der Waals surface area contributed by atoms with E-state index in [1.807, 2.05) is 7.05 Å².